The molecule has 0 spiro atoms. The van der Waals surface area contributed by atoms with Gasteiger partial charge in [-0.2, -0.15) is 4.31 Å². The molecule has 2 unspecified atom stereocenters. The minimum absolute atomic E-state index is 0.260. The molecular weight excluding hydrogens is 260 g/mol. The molecule has 0 radical (unpaired) electrons. The van der Waals surface area contributed by atoms with Gasteiger partial charge in [0.1, 0.15) is 0 Å². The Balaban J connectivity index is 1.91. The highest BCUT2D eigenvalue weighted by molar-refractivity contribution is 7.89. The van der Waals surface area contributed by atoms with Gasteiger partial charge in [0.15, 0.2) is 0 Å². The summed E-state index contributed by atoms with van der Waals surface area (Å²) < 4.78 is 27.1. The average molecular weight is 280 g/mol. The highest BCUT2D eigenvalue weighted by Crippen LogP contribution is 2.40. The predicted molar refractivity (Wildman–Crippen MR) is 73.9 cm³/mol. The molecule has 104 valence electrons. The Morgan fingerprint density at radius 1 is 1.16 bits per heavy atom. The van der Waals surface area contributed by atoms with Gasteiger partial charge >= 0.3 is 0 Å². The number of hydrogen-bond donors (Lipinski definition) is 1. The minimum Gasteiger partial charge on any atom is -0.326 e. The molecule has 4 nitrogen and oxygen atoms in total. The first-order chi connectivity index (χ1) is 9.13. The molecule has 5 heteroatoms. The van der Waals surface area contributed by atoms with E-state index in [1.54, 1.807) is 22.5 Å². The van der Waals surface area contributed by atoms with Crippen molar-refractivity contribution in [1.29, 1.82) is 0 Å². The molecule has 0 amide bonds. The Morgan fingerprint density at radius 2 is 1.79 bits per heavy atom. The van der Waals surface area contributed by atoms with Crippen LogP contribution in [0.3, 0.4) is 0 Å². The van der Waals surface area contributed by atoms with Crippen LogP contribution >= 0.6 is 0 Å². The van der Waals surface area contributed by atoms with Gasteiger partial charge in [-0.3, -0.25) is 0 Å². The van der Waals surface area contributed by atoms with E-state index in [1.807, 2.05) is 6.07 Å². The molecule has 19 heavy (non-hydrogen) atoms. The average Bonchev–Trinajstić information content (AvgIpc) is 2.99. The van der Waals surface area contributed by atoms with Crippen molar-refractivity contribution in [2.75, 3.05) is 13.1 Å². The zero-order chi connectivity index (χ0) is 13.5. The molecule has 1 saturated heterocycles. The second-order valence-corrected chi connectivity index (χ2v) is 7.49. The molecule has 0 bridgehead atoms. The monoisotopic (exact) mass is 280 g/mol. The fraction of sp³-hybridized carbons (Fsp3) is 0.571. The van der Waals surface area contributed by atoms with E-state index in [2.05, 4.69) is 0 Å². The van der Waals surface area contributed by atoms with Crippen molar-refractivity contribution in [2.24, 2.45) is 17.6 Å². The summed E-state index contributed by atoms with van der Waals surface area (Å²) in [6.45, 7) is 1.63. The Hall–Kier alpha value is -0.910. The van der Waals surface area contributed by atoms with Gasteiger partial charge in [0.2, 0.25) is 10.0 Å². The van der Waals surface area contributed by atoms with E-state index in [9.17, 15) is 8.42 Å². The molecule has 2 N–H and O–H groups in total. The number of nitrogens with zero attached hydrogens (tertiary/aromatic N) is 1. The normalized spacial score (nSPS) is 27.6. The first kappa shape index (κ1) is 13.1. The second kappa shape index (κ2) is 4.89. The van der Waals surface area contributed by atoms with Gasteiger partial charge in [0.25, 0.3) is 0 Å². The van der Waals surface area contributed by atoms with Crippen molar-refractivity contribution in [3.8, 4) is 0 Å². The van der Waals surface area contributed by atoms with Gasteiger partial charge in [-0.05, 0) is 36.3 Å². The fourth-order valence-corrected chi connectivity index (χ4v) is 5.24. The summed E-state index contributed by atoms with van der Waals surface area (Å²) in [7, 11) is -3.37. The molecule has 1 aromatic carbocycles. The molecule has 3 rings (SSSR count). The van der Waals surface area contributed by atoms with Crippen LogP contribution in [0.4, 0.5) is 0 Å². The van der Waals surface area contributed by atoms with E-state index in [1.165, 1.54) is 19.3 Å². The summed E-state index contributed by atoms with van der Waals surface area (Å²) >= 11 is 0. The van der Waals surface area contributed by atoms with Crippen molar-refractivity contribution in [3.63, 3.8) is 0 Å². The van der Waals surface area contributed by atoms with E-state index in [4.69, 9.17) is 5.73 Å². The Bertz CT molecular complexity index is 559. The van der Waals surface area contributed by atoms with E-state index in [0.717, 1.165) is 0 Å². The summed E-state index contributed by atoms with van der Waals surface area (Å²) in [6.07, 6.45) is 3.60. The van der Waals surface area contributed by atoms with Crippen LogP contribution in [0, 0.1) is 11.8 Å². The maximum Gasteiger partial charge on any atom is 0.243 e. The van der Waals surface area contributed by atoms with Crippen LogP contribution in [0.2, 0.25) is 0 Å². The van der Waals surface area contributed by atoms with E-state index >= 15 is 0 Å². The highest BCUT2D eigenvalue weighted by atomic mass is 32.2. The SMILES string of the molecule is NCc1ccccc1S(=O)(=O)N1CC2CCCC2C1. The van der Waals surface area contributed by atoms with Crippen molar-refractivity contribution in [2.45, 2.75) is 30.7 Å². The van der Waals surface area contributed by atoms with Crippen molar-refractivity contribution in [1.82, 2.24) is 4.31 Å². The third kappa shape index (κ3) is 2.20. The Labute approximate surface area is 114 Å². The van der Waals surface area contributed by atoms with Gasteiger partial charge in [0.05, 0.1) is 4.90 Å². The van der Waals surface area contributed by atoms with E-state index < -0.39 is 10.0 Å². The summed E-state index contributed by atoms with van der Waals surface area (Å²) in [5.74, 6) is 1.14. The van der Waals surface area contributed by atoms with Gasteiger partial charge in [-0.1, -0.05) is 24.6 Å². The molecule has 2 aliphatic rings. The van der Waals surface area contributed by atoms with Crippen LogP contribution in [0.25, 0.3) is 0 Å². The zero-order valence-corrected chi connectivity index (χ0v) is 11.8. The topological polar surface area (TPSA) is 63.4 Å². The fourth-order valence-electron chi connectivity index (χ4n) is 3.45. The lowest BCUT2D eigenvalue weighted by molar-refractivity contribution is 0.445. The smallest absolute Gasteiger partial charge is 0.243 e. The van der Waals surface area contributed by atoms with Crippen LogP contribution in [0.5, 0.6) is 0 Å². The van der Waals surface area contributed by atoms with Crippen LogP contribution in [0.15, 0.2) is 29.2 Å². The van der Waals surface area contributed by atoms with Gasteiger partial charge in [-0.25, -0.2) is 8.42 Å². The lowest BCUT2D eigenvalue weighted by atomic mass is 10.0. The lowest BCUT2D eigenvalue weighted by Gasteiger charge is -2.19. The van der Waals surface area contributed by atoms with Crippen molar-refractivity contribution >= 4 is 10.0 Å². The number of hydrogen-bond acceptors (Lipinski definition) is 3. The quantitative estimate of drug-likeness (QED) is 0.914. The minimum atomic E-state index is -3.37. The third-order valence-corrected chi connectivity index (χ3v) is 6.44. The van der Waals surface area contributed by atoms with Crippen LogP contribution < -0.4 is 5.73 Å². The highest BCUT2D eigenvalue weighted by Gasteiger charge is 2.41. The van der Waals surface area contributed by atoms with Gasteiger partial charge in [0, 0.05) is 19.6 Å². The molecule has 1 heterocycles. The number of nitrogens with two attached hydrogens (primary N) is 1. The van der Waals surface area contributed by atoms with Crippen molar-refractivity contribution in [3.05, 3.63) is 29.8 Å². The van der Waals surface area contributed by atoms with E-state index in [-0.39, 0.29) is 6.54 Å². The van der Waals surface area contributed by atoms with E-state index in [0.29, 0.717) is 35.4 Å². The first-order valence-corrected chi connectivity index (χ1v) is 8.35. The molecule has 1 aliphatic heterocycles. The molecule has 1 aliphatic carbocycles. The summed E-state index contributed by atoms with van der Waals surface area (Å²) in [5, 5.41) is 0. The van der Waals surface area contributed by atoms with Crippen LogP contribution in [0.1, 0.15) is 24.8 Å². The predicted octanol–water partition coefficient (Wildman–Crippen LogP) is 1.57. The first-order valence-electron chi connectivity index (χ1n) is 6.91. The molecule has 1 saturated carbocycles. The number of benzene rings is 1. The number of sulfonamides is 1. The van der Waals surface area contributed by atoms with Gasteiger partial charge in [-0.15, -0.1) is 0 Å². The summed E-state index contributed by atoms with van der Waals surface area (Å²) in [6, 6.07) is 7.07. The number of rotatable bonds is 3. The number of fused-ring (bicyclic) bond motifs is 1. The van der Waals surface area contributed by atoms with Gasteiger partial charge < -0.3 is 5.73 Å². The summed E-state index contributed by atoms with van der Waals surface area (Å²) in [4.78, 5) is 0.387. The molecule has 0 aromatic heterocycles. The summed E-state index contributed by atoms with van der Waals surface area (Å²) in [5.41, 5.74) is 6.36. The standard InChI is InChI=1S/C14H20N2O2S/c15-8-11-4-1-2-7-14(11)19(17,18)16-9-12-5-3-6-13(12)10-16/h1-2,4,7,12-13H,3,5-6,8-10,15H2. The zero-order valence-electron chi connectivity index (χ0n) is 11.0. The second-order valence-electron chi connectivity index (χ2n) is 5.58. The van der Waals surface area contributed by atoms with Crippen LogP contribution in [-0.2, 0) is 16.6 Å². The maximum atomic E-state index is 12.7. The molecular formula is C14H20N2O2S. The van der Waals surface area contributed by atoms with Crippen molar-refractivity contribution < 1.29 is 8.42 Å². The third-order valence-electron chi connectivity index (χ3n) is 4.50. The maximum absolute atomic E-state index is 12.7. The molecule has 1 aromatic rings. The Morgan fingerprint density at radius 3 is 2.42 bits per heavy atom. The molecule has 2 fully saturated rings. The lowest BCUT2D eigenvalue weighted by Crippen LogP contribution is -2.30. The van der Waals surface area contributed by atoms with Crippen LogP contribution in [-0.4, -0.2) is 25.8 Å². The largest absolute Gasteiger partial charge is 0.326 e. The molecule has 2 atom stereocenters. The Kier molecular flexibility index (Phi) is 3.37.